The van der Waals surface area contributed by atoms with Gasteiger partial charge in [0, 0.05) is 19.2 Å². The summed E-state index contributed by atoms with van der Waals surface area (Å²) < 4.78 is 12.6. The van der Waals surface area contributed by atoms with Crippen molar-refractivity contribution in [3.05, 3.63) is 89.2 Å². The number of hydrazine groups is 2. The molecule has 0 fully saturated rings. The zero-order chi connectivity index (χ0) is 25.6. The number of methoxy groups -OCH3 is 1. The van der Waals surface area contributed by atoms with Gasteiger partial charge < -0.3 is 25.9 Å². The standard InChI is InChI=1S/C26H28N8O3/c1-36-24(35)14-28-12-17-4-2-6-21(9-17)37-22-7-3-5-18(10-22)15-34-16-19(13-29-34)8-20-11-23(27)30-26-25(20)31-33-32-26/h2-7,9-11,13,16,28,31,33H,8,12,14-15H2,1H3,(H3,27,30,32). The van der Waals surface area contributed by atoms with Crippen molar-refractivity contribution in [3.8, 4) is 11.5 Å². The number of nitrogens with one attached hydrogen (secondary N) is 4. The highest BCUT2D eigenvalue weighted by Crippen LogP contribution is 2.30. The summed E-state index contributed by atoms with van der Waals surface area (Å²) in [5.41, 5.74) is 19.8. The minimum absolute atomic E-state index is 0.156. The van der Waals surface area contributed by atoms with Crippen molar-refractivity contribution in [2.75, 3.05) is 30.2 Å². The molecule has 0 spiro atoms. The maximum atomic E-state index is 11.3. The van der Waals surface area contributed by atoms with E-state index in [2.05, 4.69) is 36.5 Å². The number of carbonyl (C=O) groups excluding carboxylic acids is 1. The molecule has 4 aromatic rings. The number of rotatable bonds is 10. The van der Waals surface area contributed by atoms with Gasteiger partial charge in [0.25, 0.3) is 0 Å². The van der Waals surface area contributed by atoms with Crippen LogP contribution in [-0.4, -0.2) is 34.4 Å². The number of carbonyl (C=O) groups is 1. The Kier molecular flexibility index (Phi) is 7.15. The second-order valence-corrected chi connectivity index (χ2v) is 8.60. The number of anilines is 3. The maximum absolute atomic E-state index is 11.3. The molecule has 5 rings (SSSR count). The van der Waals surface area contributed by atoms with Crippen molar-refractivity contribution < 1.29 is 14.3 Å². The van der Waals surface area contributed by atoms with Crippen molar-refractivity contribution >= 4 is 23.3 Å². The molecule has 0 radical (unpaired) electrons. The summed E-state index contributed by atoms with van der Waals surface area (Å²) in [5.74, 6) is 2.29. The highest BCUT2D eigenvalue weighted by molar-refractivity contribution is 5.74. The maximum Gasteiger partial charge on any atom is 0.319 e. The summed E-state index contributed by atoms with van der Waals surface area (Å²) in [4.78, 5) is 15.6. The van der Waals surface area contributed by atoms with Crippen LogP contribution in [-0.2, 0) is 29.0 Å². The van der Waals surface area contributed by atoms with Gasteiger partial charge >= 0.3 is 5.97 Å². The smallest absolute Gasteiger partial charge is 0.319 e. The molecule has 0 bridgehead atoms. The molecule has 0 saturated heterocycles. The molecule has 2 aromatic carbocycles. The first-order valence-electron chi connectivity index (χ1n) is 11.8. The van der Waals surface area contributed by atoms with E-state index in [1.54, 1.807) is 0 Å². The number of aromatic nitrogens is 3. The fourth-order valence-electron chi connectivity index (χ4n) is 4.08. The van der Waals surface area contributed by atoms with E-state index >= 15 is 0 Å². The first-order valence-corrected chi connectivity index (χ1v) is 11.8. The van der Waals surface area contributed by atoms with E-state index in [0.29, 0.717) is 31.1 Å². The van der Waals surface area contributed by atoms with Gasteiger partial charge in [-0.25, -0.2) is 4.98 Å². The summed E-state index contributed by atoms with van der Waals surface area (Å²) in [6.07, 6.45) is 4.55. The van der Waals surface area contributed by atoms with Crippen LogP contribution in [0.15, 0.2) is 67.0 Å². The van der Waals surface area contributed by atoms with Crippen LogP contribution in [0.2, 0.25) is 0 Å². The molecule has 0 unspecified atom stereocenters. The highest BCUT2D eigenvalue weighted by Gasteiger charge is 2.17. The first-order chi connectivity index (χ1) is 18.1. The van der Waals surface area contributed by atoms with Crippen molar-refractivity contribution in [2.45, 2.75) is 19.5 Å². The van der Waals surface area contributed by atoms with E-state index in [1.165, 1.54) is 7.11 Å². The molecule has 1 aliphatic rings. The lowest BCUT2D eigenvalue weighted by atomic mass is 10.1. The lowest BCUT2D eigenvalue weighted by molar-refractivity contribution is -0.139. The van der Waals surface area contributed by atoms with Crippen LogP contribution in [0.3, 0.4) is 0 Å². The predicted octanol–water partition coefficient (Wildman–Crippen LogP) is 2.81. The zero-order valence-electron chi connectivity index (χ0n) is 20.3. The molecule has 37 heavy (non-hydrogen) atoms. The van der Waals surface area contributed by atoms with E-state index in [-0.39, 0.29) is 12.5 Å². The van der Waals surface area contributed by atoms with E-state index in [0.717, 1.165) is 39.4 Å². The van der Waals surface area contributed by atoms with Crippen LogP contribution < -0.4 is 32.2 Å². The molecule has 0 aliphatic carbocycles. The number of nitrogen functional groups attached to an aromatic ring is 1. The zero-order valence-corrected chi connectivity index (χ0v) is 20.3. The molecule has 2 aromatic heterocycles. The Labute approximate surface area is 213 Å². The van der Waals surface area contributed by atoms with Gasteiger partial charge in [0.15, 0.2) is 5.82 Å². The van der Waals surface area contributed by atoms with Crippen LogP contribution in [0, 0.1) is 0 Å². The number of benzene rings is 2. The third-order valence-corrected chi connectivity index (χ3v) is 5.77. The minimum atomic E-state index is -0.300. The molecule has 1 aliphatic heterocycles. The first kappa shape index (κ1) is 24.1. The SMILES string of the molecule is COC(=O)CNCc1cccc(Oc2cccc(Cn3cc(Cc4cc(N)nc5c4NNN5)cn3)c2)c1. The Morgan fingerprint density at radius 2 is 1.84 bits per heavy atom. The van der Waals surface area contributed by atoms with Crippen molar-refractivity contribution in [3.63, 3.8) is 0 Å². The van der Waals surface area contributed by atoms with Gasteiger partial charge in [0.2, 0.25) is 0 Å². The number of nitrogens with zero attached hydrogens (tertiary/aromatic N) is 3. The third kappa shape index (κ3) is 6.15. The van der Waals surface area contributed by atoms with Crippen molar-refractivity contribution in [1.82, 2.24) is 25.6 Å². The fourth-order valence-corrected chi connectivity index (χ4v) is 4.08. The molecule has 3 heterocycles. The number of pyridine rings is 1. The molecular weight excluding hydrogens is 472 g/mol. The second kappa shape index (κ2) is 11.0. The number of hydrogen-bond donors (Lipinski definition) is 5. The van der Waals surface area contributed by atoms with Gasteiger partial charge in [-0.2, -0.15) is 5.10 Å². The van der Waals surface area contributed by atoms with Gasteiger partial charge in [-0.15, -0.1) is 5.53 Å². The summed E-state index contributed by atoms with van der Waals surface area (Å²) in [7, 11) is 1.37. The van der Waals surface area contributed by atoms with Gasteiger partial charge in [0.1, 0.15) is 17.3 Å². The summed E-state index contributed by atoms with van der Waals surface area (Å²) in [6, 6.07) is 17.5. The quantitative estimate of drug-likeness (QED) is 0.206. The topological polar surface area (TPSA) is 140 Å². The van der Waals surface area contributed by atoms with Gasteiger partial charge in [0.05, 0.1) is 32.1 Å². The third-order valence-electron chi connectivity index (χ3n) is 5.77. The summed E-state index contributed by atoms with van der Waals surface area (Å²) in [6.45, 7) is 1.29. The Morgan fingerprint density at radius 1 is 1.05 bits per heavy atom. The number of fused-ring (bicyclic) bond motifs is 1. The normalized spacial score (nSPS) is 11.9. The Balaban J connectivity index is 1.21. The monoisotopic (exact) mass is 500 g/mol. The van der Waals surface area contributed by atoms with Gasteiger partial charge in [-0.05, 0) is 52.6 Å². The lowest BCUT2D eigenvalue weighted by Gasteiger charge is -2.10. The Hall–Kier alpha value is -4.61. The van der Waals surface area contributed by atoms with Crippen molar-refractivity contribution in [1.29, 1.82) is 0 Å². The number of esters is 1. The van der Waals surface area contributed by atoms with Crippen LogP contribution in [0.5, 0.6) is 11.5 Å². The Bertz CT molecular complexity index is 1400. The van der Waals surface area contributed by atoms with Crippen LogP contribution in [0.25, 0.3) is 0 Å². The number of hydrogen-bond acceptors (Lipinski definition) is 10. The number of nitrogens with two attached hydrogens (primary N) is 1. The van der Waals surface area contributed by atoms with E-state index in [1.807, 2.05) is 71.7 Å². The van der Waals surface area contributed by atoms with E-state index < -0.39 is 0 Å². The van der Waals surface area contributed by atoms with Crippen molar-refractivity contribution in [2.24, 2.45) is 0 Å². The van der Waals surface area contributed by atoms with Gasteiger partial charge in [-0.1, -0.05) is 24.3 Å². The van der Waals surface area contributed by atoms with E-state index in [4.69, 9.17) is 10.5 Å². The van der Waals surface area contributed by atoms with Crippen LogP contribution in [0.1, 0.15) is 22.3 Å². The minimum Gasteiger partial charge on any atom is -0.468 e. The summed E-state index contributed by atoms with van der Waals surface area (Å²) in [5, 5.41) is 7.59. The molecular formula is C26H28N8O3. The predicted molar refractivity (Wildman–Crippen MR) is 140 cm³/mol. The molecule has 0 atom stereocenters. The van der Waals surface area contributed by atoms with Crippen LogP contribution in [0.4, 0.5) is 17.3 Å². The second-order valence-electron chi connectivity index (χ2n) is 8.60. The molecule has 11 heteroatoms. The largest absolute Gasteiger partial charge is 0.468 e. The average molecular weight is 501 g/mol. The average Bonchev–Trinajstić information content (AvgIpc) is 3.54. The Morgan fingerprint density at radius 3 is 2.65 bits per heavy atom. The highest BCUT2D eigenvalue weighted by atomic mass is 16.5. The fraction of sp³-hybridized carbons (Fsp3) is 0.192. The molecule has 0 saturated carbocycles. The number of ether oxygens (including phenoxy) is 2. The van der Waals surface area contributed by atoms with E-state index in [9.17, 15) is 4.79 Å². The van der Waals surface area contributed by atoms with Crippen LogP contribution >= 0.6 is 0 Å². The van der Waals surface area contributed by atoms with Gasteiger partial charge in [-0.3, -0.25) is 14.9 Å². The lowest BCUT2D eigenvalue weighted by Crippen LogP contribution is -2.23. The summed E-state index contributed by atoms with van der Waals surface area (Å²) >= 11 is 0. The molecule has 0 amide bonds. The molecule has 11 nitrogen and oxygen atoms in total. The molecule has 6 N–H and O–H groups in total. The molecule has 190 valence electrons.